The molecule has 0 bridgehead atoms. The monoisotopic (exact) mass is 675 g/mol. The van der Waals surface area contributed by atoms with Gasteiger partial charge in [-0.15, -0.1) is 0 Å². The third-order valence-corrected chi connectivity index (χ3v) is 9.07. The van der Waals surface area contributed by atoms with E-state index in [2.05, 4.69) is 68.5 Å². The number of carboxylic acids is 1. The summed E-state index contributed by atoms with van der Waals surface area (Å²) < 4.78 is 5.64. The average molecular weight is 676 g/mol. The highest BCUT2D eigenvalue weighted by Gasteiger charge is 2.35. The molecular formula is C39H45N7O4. The van der Waals surface area contributed by atoms with Crippen LogP contribution in [-0.4, -0.2) is 85.4 Å². The number of hydrogen-bond donors (Lipinski definition) is 4. The Morgan fingerprint density at radius 2 is 1.56 bits per heavy atom. The molecule has 2 aromatic heterocycles. The minimum Gasteiger partial charge on any atom is -0.477 e. The highest BCUT2D eigenvalue weighted by atomic mass is 16.6. The number of aromatic amines is 2. The van der Waals surface area contributed by atoms with E-state index in [0.29, 0.717) is 18.8 Å². The normalized spacial score (nSPS) is 15.5. The zero-order valence-corrected chi connectivity index (χ0v) is 29.3. The molecule has 11 nitrogen and oxygen atoms in total. The van der Waals surface area contributed by atoms with Crippen LogP contribution >= 0.6 is 0 Å². The molecule has 1 aliphatic rings. The molecule has 1 fully saturated rings. The summed E-state index contributed by atoms with van der Waals surface area (Å²) >= 11 is 0. The number of nitrogens with zero attached hydrogens (tertiary/aromatic N) is 4. The van der Waals surface area contributed by atoms with E-state index in [-0.39, 0.29) is 17.8 Å². The molecule has 0 saturated carbocycles. The minimum atomic E-state index is -1.23. The molecule has 2 atom stereocenters. The van der Waals surface area contributed by atoms with Crippen molar-refractivity contribution in [3.05, 3.63) is 84.7 Å². The van der Waals surface area contributed by atoms with Gasteiger partial charge < -0.3 is 24.7 Å². The van der Waals surface area contributed by atoms with Crippen molar-refractivity contribution in [2.75, 3.05) is 27.2 Å². The van der Waals surface area contributed by atoms with Gasteiger partial charge in [-0.3, -0.25) is 10.3 Å². The SMILES string of the molecule is CN(C)CCCC(C(=N)C(=O)O)c1ncc(-c2ccc(-c3ccc4cc(-c5cnc(C6CCCN6C(=O)OC(C)(C)C)[nH]5)ccc4c3)cc2)[nH]1. The fourth-order valence-corrected chi connectivity index (χ4v) is 6.52. The Hall–Kier alpha value is -5.29. The van der Waals surface area contributed by atoms with Crippen LogP contribution in [0.1, 0.15) is 70.1 Å². The standard InChI is InChI=1S/C39H45N7O4/c1-39(2,3)50-38(49)46-19-7-9-33(46)36-42-23-32(44-36)29-17-16-27-20-26(14-15-28(27)21-29)24-10-12-25(13-11-24)31-22-41-35(43-31)30(34(40)37(47)48)8-6-18-45(4)5/h10-17,20-23,30,33,40H,6-9,18-19H2,1-5H3,(H,41,43)(H,42,44)(H,47,48). The number of aliphatic carboxylic acids is 1. The highest BCUT2D eigenvalue weighted by Crippen LogP contribution is 2.34. The Morgan fingerprint density at radius 3 is 2.24 bits per heavy atom. The number of ether oxygens (including phenoxy) is 1. The first-order chi connectivity index (χ1) is 23.9. The molecule has 0 radical (unpaired) electrons. The molecule has 1 amide bonds. The Kier molecular flexibility index (Phi) is 9.88. The smallest absolute Gasteiger partial charge is 0.410 e. The molecule has 50 heavy (non-hydrogen) atoms. The van der Waals surface area contributed by atoms with E-state index >= 15 is 0 Å². The number of nitrogens with one attached hydrogen (secondary N) is 3. The fraction of sp³-hybridized carbons (Fsp3) is 0.359. The topological polar surface area (TPSA) is 151 Å². The summed E-state index contributed by atoms with van der Waals surface area (Å²) in [5, 5.41) is 19.9. The maximum Gasteiger partial charge on any atom is 0.410 e. The summed E-state index contributed by atoms with van der Waals surface area (Å²) in [7, 11) is 3.94. The van der Waals surface area contributed by atoms with Crippen LogP contribution in [0.2, 0.25) is 0 Å². The van der Waals surface area contributed by atoms with Crippen molar-refractivity contribution in [3.63, 3.8) is 0 Å². The van der Waals surface area contributed by atoms with E-state index in [1.165, 1.54) is 0 Å². The van der Waals surface area contributed by atoms with Crippen molar-refractivity contribution in [2.24, 2.45) is 0 Å². The number of carboxylic acid groups (broad SMARTS) is 1. The molecular weight excluding hydrogens is 630 g/mol. The number of imidazole rings is 2. The van der Waals surface area contributed by atoms with Gasteiger partial charge in [0.05, 0.1) is 35.7 Å². The first-order valence-corrected chi connectivity index (χ1v) is 17.1. The fourth-order valence-electron chi connectivity index (χ4n) is 6.52. The van der Waals surface area contributed by atoms with Gasteiger partial charge in [-0.2, -0.15) is 0 Å². The number of likely N-dealkylation sites (tertiary alicyclic amines) is 1. The van der Waals surface area contributed by atoms with E-state index in [1.54, 1.807) is 11.1 Å². The lowest BCUT2D eigenvalue weighted by atomic mass is 9.96. The summed E-state index contributed by atoms with van der Waals surface area (Å²) in [6, 6.07) is 20.8. The molecule has 1 saturated heterocycles. The number of rotatable bonds is 11. The van der Waals surface area contributed by atoms with Crippen LogP contribution in [0, 0.1) is 5.41 Å². The number of hydrogen-bond acceptors (Lipinski definition) is 7. The largest absolute Gasteiger partial charge is 0.477 e. The van der Waals surface area contributed by atoms with Gasteiger partial charge in [0, 0.05) is 12.1 Å². The number of H-pyrrole nitrogens is 2. The van der Waals surface area contributed by atoms with E-state index in [9.17, 15) is 14.7 Å². The third kappa shape index (κ3) is 7.78. The molecule has 2 unspecified atom stereocenters. The summed E-state index contributed by atoms with van der Waals surface area (Å²) in [5.74, 6) is -0.558. The lowest BCUT2D eigenvalue weighted by Gasteiger charge is -2.27. The van der Waals surface area contributed by atoms with Crippen LogP contribution in [0.3, 0.4) is 0 Å². The second kappa shape index (κ2) is 14.3. The van der Waals surface area contributed by atoms with Crippen LogP contribution < -0.4 is 0 Å². The zero-order chi connectivity index (χ0) is 35.6. The van der Waals surface area contributed by atoms with E-state index in [1.807, 2.05) is 58.1 Å². The van der Waals surface area contributed by atoms with Gasteiger partial charge in [-0.05, 0) is 107 Å². The van der Waals surface area contributed by atoms with Gasteiger partial charge in [0.25, 0.3) is 0 Å². The molecule has 260 valence electrons. The van der Waals surface area contributed by atoms with Gasteiger partial charge in [-0.1, -0.05) is 48.5 Å². The number of amides is 1. The second-order valence-electron chi connectivity index (χ2n) is 14.3. The zero-order valence-electron chi connectivity index (χ0n) is 29.3. The molecule has 3 heterocycles. The van der Waals surface area contributed by atoms with Crippen LogP contribution in [0.4, 0.5) is 4.79 Å². The lowest BCUT2D eigenvalue weighted by molar-refractivity contribution is -0.129. The molecule has 0 aliphatic carbocycles. The van der Waals surface area contributed by atoms with Crippen LogP contribution in [-0.2, 0) is 9.53 Å². The van der Waals surface area contributed by atoms with Gasteiger partial charge in [0.2, 0.25) is 0 Å². The second-order valence-corrected chi connectivity index (χ2v) is 14.3. The van der Waals surface area contributed by atoms with Gasteiger partial charge in [-0.25, -0.2) is 19.6 Å². The first kappa shape index (κ1) is 34.6. The van der Waals surface area contributed by atoms with Crippen molar-refractivity contribution in [3.8, 4) is 33.6 Å². The highest BCUT2D eigenvalue weighted by molar-refractivity contribution is 6.36. The van der Waals surface area contributed by atoms with Crippen molar-refractivity contribution < 1.29 is 19.4 Å². The number of aromatic nitrogens is 4. The summed E-state index contributed by atoms with van der Waals surface area (Å²) in [6.45, 7) is 7.09. The quantitative estimate of drug-likeness (QED) is 0.104. The van der Waals surface area contributed by atoms with Crippen molar-refractivity contribution in [1.82, 2.24) is 29.7 Å². The molecule has 1 aliphatic heterocycles. The molecule has 4 N–H and O–H groups in total. The van der Waals surface area contributed by atoms with Gasteiger partial charge >= 0.3 is 12.1 Å². The molecule has 11 heteroatoms. The van der Waals surface area contributed by atoms with E-state index < -0.39 is 17.5 Å². The van der Waals surface area contributed by atoms with Gasteiger partial charge in [0.15, 0.2) is 0 Å². The van der Waals surface area contributed by atoms with Crippen molar-refractivity contribution in [2.45, 2.75) is 64.0 Å². The number of fused-ring (bicyclic) bond motifs is 1. The predicted molar refractivity (Wildman–Crippen MR) is 195 cm³/mol. The molecule has 3 aromatic carbocycles. The predicted octanol–water partition coefficient (Wildman–Crippen LogP) is 7.89. The maximum absolute atomic E-state index is 12.8. The first-order valence-electron chi connectivity index (χ1n) is 17.1. The summed E-state index contributed by atoms with van der Waals surface area (Å²) in [6.07, 6.45) is 6.26. The lowest BCUT2D eigenvalue weighted by Crippen LogP contribution is -2.36. The number of carbonyl (C=O) groups is 2. The number of carbonyl (C=O) groups excluding carboxylic acids is 1. The summed E-state index contributed by atoms with van der Waals surface area (Å²) in [5.41, 5.74) is 4.88. The summed E-state index contributed by atoms with van der Waals surface area (Å²) in [4.78, 5) is 44.2. The van der Waals surface area contributed by atoms with E-state index in [4.69, 9.17) is 10.1 Å². The van der Waals surface area contributed by atoms with E-state index in [0.717, 1.165) is 76.0 Å². The molecule has 5 aromatic rings. The van der Waals surface area contributed by atoms with Gasteiger partial charge in [0.1, 0.15) is 23.0 Å². The van der Waals surface area contributed by atoms with Crippen LogP contribution in [0.5, 0.6) is 0 Å². The van der Waals surface area contributed by atoms with Crippen LogP contribution in [0.15, 0.2) is 73.1 Å². The Balaban J connectivity index is 1.15. The Labute approximate surface area is 292 Å². The third-order valence-electron chi connectivity index (χ3n) is 9.07. The molecule has 0 spiro atoms. The average Bonchev–Trinajstić information content (AvgIpc) is 3.87. The Morgan fingerprint density at radius 1 is 0.940 bits per heavy atom. The number of benzene rings is 3. The molecule has 6 rings (SSSR count). The Bertz CT molecular complexity index is 2000. The maximum atomic E-state index is 12.8. The van der Waals surface area contributed by atoms with Crippen molar-refractivity contribution >= 4 is 28.5 Å². The van der Waals surface area contributed by atoms with Crippen molar-refractivity contribution in [1.29, 1.82) is 5.41 Å². The van der Waals surface area contributed by atoms with Crippen LogP contribution in [0.25, 0.3) is 44.4 Å². The minimum absolute atomic E-state index is 0.134.